The molecule has 0 saturated carbocycles. The lowest BCUT2D eigenvalue weighted by atomic mass is 9.87. The largest absolute Gasteiger partial charge is 0.329 e. The molecule has 1 saturated heterocycles. The number of carbonyl (C=O) groups excluding carboxylic acids is 1. The van der Waals surface area contributed by atoms with E-state index in [1.807, 2.05) is 4.90 Å². The lowest BCUT2D eigenvalue weighted by molar-refractivity contribution is -0.125. The highest BCUT2D eigenvalue weighted by atomic mass is 16.2. The number of piperidine rings is 1. The van der Waals surface area contributed by atoms with Gasteiger partial charge in [-0.05, 0) is 30.7 Å². The molecule has 2 aliphatic heterocycles. The van der Waals surface area contributed by atoms with Crippen molar-refractivity contribution in [1.82, 2.24) is 10.2 Å². The van der Waals surface area contributed by atoms with Crippen molar-refractivity contribution in [3.05, 3.63) is 72.5 Å². The summed E-state index contributed by atoms with van der Waals surface area (Å²) >= 11 is 0. The van der Waals surface area contributed by atoms with Crippen molar-refractivity contribution in [1.29, 1.82) is 0 Å². The number of carbonyl (C=O) groups is 1. The number of nitrogens with one attached hydrogen (secondary N) is 1. The summed E-state index contributed by atoms with van der Waals surface area (Å²) in [5, 5.41) is 5.27. The van der Waals surface area contributed by atoms with Gasteiger partial charge < -0.3 is 10.2 Å². The average Bonchev–Trinajstić information content (AvgIpc) is 2.56. The van der Waals surface area contributed by atoms with Gasteiger partial charge in [-0.3, -0.25) is 4.79 Å². The molecule has 1 N–H and O–H groups in total. The summed E-state index contributed by atoms with van der Waals surface area (Å²) < 4.78 is 0. The summed E-state index contributed by atoms with van der Waals surface area (Å²) in [6, 6.07) is 10.2. The van der Waals surface area contributed by atoms with Gasteiger partial charge in [-0.25, -0.2) is 0 Å². The number of allylic oxidation sites excluding steroid dienone is 1. The lowest BCUT2D eigenvalue weighted by Crippen LogP contribution is -2.48. The van der Waals surface area contributed by atoms with Crippen LogP contribution in [0.5, 0.6) is 0 Å². The van der Waals surface area contributed by atoms with Crippen LogP contribution in [0.2, 0.25) is 0 Å². The van der Waals surface area contributed by atoms with Crippen LogP contribution in [0.15, 0.2) is 55.8 Å². The Labute approximate surface area is 142 Å². The van der Waals surface area contributed by atoms with Crippen molar-refractivity contribution in [3.63, 3.8) is 0 Å². The molecule has 0 bridgehead atoms. The van der Waals surface area contributed by atoms with Crippen molar-refractivity contribution in [3.8, 4) is 0 Å². The quantitative estimate of drug-likeness (QED) is 0.855. The molecule has 3 nitrogen and oxygen atoms in total. The van der Waals surface area contributed by atoms with Gasteiger partial charge in [0, 0.05) is 33.6 Å². The SMILES string of the molecule is C=C1CCC(N2C(=C)c3cccc4c(C)ccc(c34)C2=C)C(=O)N1. The summed E-state index contributed by atoms with van der Waals surface area (Å²) in [6.07, 6.45) is 1.50. The summed E-state index contributed by atoms with van der Waals surface area (Å²) in [6.45, 7) is 14.6. The Balaban J connectivity index is 1.88. The van der Waals surface area contributed by atoms with Gasteiger partial charge in [0.1, 0.15) is 6.04 Å². The van der Waals surface area contributed by atoms with Gasteiger partial charge in [-0.2, -0.15) is 0 Å². The molecule has 0 spiro atoms. The van der Waals surface area contributed by atoms with Crippen molar-refractivity contribution < 1.29 is 4.79 Å². The third kappa shape index (κ3) is 1.94. The summed E-state index contributed by atoms with van der Waals surface area (Å²) in [5.41, 5.74) is 5.86. The second-order valence-corrected chi connectivity index (χ2v) is 6.57. The molecule has 0 aromatic heterocycles. The highest BCUT2D eigenvalue weighted by Gasteiger charge is 2.36. The van der Waals surface area contributed by atoms with Gasteiger partial charge in [0.2, 0.25) is 5.91 Å². The fourth-order valence-corrected chi connectivity index (χ4v) is 3.84. The summed E-state index contributed by atoms with van der Waals surface area (Å²) in [4.78, 5) is 14.5. The van der Waals surface area contributed by atoms with Gasteiger partial charge in [-0.15, -0.1) is 0 Å². The molecule has 1 fully saturated rings. The minimum Gasteiger partial charge on any atom is -0.329 e. The standard InChI is InChI=1S/C21H20N2O/c1-12-8-10-18-15(4)23(19-11-9-13(2)22-21(19)24)14(3)17-7-5-6-16(12)20(17)18/h5-8,10,19H,2-4,9,11H2,1H3,(H,22,24). The fraction of sp³-hybridized carbons (Fsp3) is 0.190. The molecule has 2 aliphatic rings. The van der Waals surface area contributed by atoms with E-state index in [9.17, 15) is 4.79 Å². The van der Waals surface area contributed by atoms with Gasteiger partial charge in [0.05, 0.1) is 0 Å². The van der Waals surface area contributed by atoms with Gasteiger partial charge in [0.25, 0.3) is 0 Å². The molecule has 1 atom stereocenters. The van der Waals surface area contributed by atoms with Crippen molar-refractivity contribution >= 4 is 28.1 Å². The first-order chi connectivity index (χ1) is 11.5. The van der Waals surface area contributed by atoms with Gasteiger partial charge >= 0.3 is 0 Å². The molecule has 24 heavy (non-hydrogen) atoms. The maximum Gasteiger partial charge on any atom is 0.247 e. The van der Waals surface area contributed by atoms with Crippen LogP contribution in [0.4, 0.5) is 0 Å². The van der Waals surface area contributed by atoms with Crippen LogP contribution in [-0.4, -0.2) is 16.8 Å². The van der Waals surface area contributed by atoms with E-state index in [1.54, 1.807) is 0 Å². The normalized spacial score (nSPS) is 20.5. The molecule has 4 rings (SSSR count). The van der Waals surface area contributed by atoms with E-state index in [-0.39, 0.29) is 11.9 Å². The molecule has 120 valence electrons. The van der Waals surface area contributed by atoms with Crippen LogP contribution in [0.25, 0.3) is 22.2 Å². The van der Waals surface area contributed by atoms with Gasteiger partial charge in [0.15, 0.2) is 0 Å². The van der Waals surface area contributed by atoms with Crippen LogP contribution in [0.3, 0.4) is 0 Å². The fourth-order valence-electron chi connectivity index (χ4n) is 3.84. The molecular weight excluding hydrogens is 296 g/mol. The van der Waals surface area contributed by atoms with Crippen molar-refractivity contribution in [2.45, 2.75) is 25.8 Å². The Morgan fingerprint density at radius 1 is 1.08 bits per heavy atom. The molecule has 0 aliphatic carbocycles. The predicted molar refractivity (Wildman–Crippen MR) is 98.9 cm³/mol. The van der Waals surface area contributed by atoms with Crippen LogP contribution >= 0.6 is 0 Å². The smallest absolute Gasteiger partial charge is 0.247 e. The van der Waals surface area contributed by atoms with E-state index < -0.39 is 0 Å². The van der Waals surface area contributed by atoms with Gasteiger partial charge in [-0.1, -0.05) is 50.1 Å². The lowest BCUT2D eigenvalue weighted by Gasteiger charge is -2.41. The Hall–Kier alpha value is -2.81. The number of nitrogens with zero attached hydrogens (tertiary/aromatic N) is 1. The zero-order valence-corrected chi connectivity index (χ0v) is 13.9. The predicted octanol–water partition coefficient (Wildman–Crippen LogP) is 4.20. The Bertz CT molecular complexity index is 916. The second-order valence-electron chi connectivity index (χ2n) is 6.57. The molecule has 1 unspecified atom stereocenters. The maximum absolute atomic E-state index is 12.5. The number of rotatable bonds is 1. The Morgan fingerprint density at radius 2 is 1.79 bits per heavy atom. The first kappa shape index (κ1) is 14.8. The molecular formula is C21H20N2O. The number of amides is 1. The first-order valence-electron chi connectivity index (χ1n) is 8.18. The number of aryl methyl sites for hydroxylation is 1. The molecule has 1 amide bonds. The third-order valence-corrected chi connectivity index (χ3v) is 5.10. The minimum absolute atomic E-state index is 0.0312. The van der Waals surface area contributed by atoms with Crippen molar-refractivity contribution in [2.75, 3.05) is 0 Å². The summed E-state index contributed by atoms with van der Waals surface area (Å²) in [7, 11) is 0. The topological polar surface area (TPSA) is 32.3 Å². The van der Waals surface area contributed by atoms with E-state index in [4.69, 9.17) is 0 Å². The van der Waals surface area contributed by atoms with E-state index in [1.165, 1.54) is 16.3 Å². The molecule has 2 aromatic rings. The highest BCUT2D eigenvalue weighted by Crippen LogP contribution is 2.43. The second kappa shape index (κ2) is 5.10. The van der Waals surface area contributed by atoms with Crippen LogP contribution in [0.1, 0.15) is 29.5 Å². The van der Waals surface area contributed by atoms with Crippen LogP contribution in [-0.2, 0) is 4.79 Å². The Morgan fingerprint density at radius 3 is 2.50 bits per heavy atom. The first-order valence-corrected chi connectivity index (χ1v) is 8.18. The average molecular weight is 316 g/mol. The molecule has 2 heterocycles. The summed E-state index contributed by atoms with van der Waals surface area (Å²) in [5.74, 6) is -0.0312. The van der Waals surface area contributed by atoms with E-state index >= 15 is 0 Å². The van der Waals surface area contributed by atoms with Crippen LogP contribution in [0, 0.1) is 6.92 Å². The van der Waals surface area contributed by atoms with Crippen LogP contribution < -0.4 is 5.32 Å². The zero-order chi connectivity index (χ0) is 17.0. The number of hydrogen-bond donors (Lipinski definition) is 1. The molecule has 3 heteroatoms. The van der Waals surface area contributed by atoms with E-state index in [0.29, 0.717) is 0 Å². The van der Waals surface area contributed by atoms with E-state index in [2.05, 4.69) is 62.3 Å². The molecule has 0 radical (unpaired) electrons. The van der Waals surface area contributed by atoms with Crippen molar-refractivity contribution in [2.24, 2.45) is 0 Å². The Kier molecular flexibility index (Phi) is 3.14. The zero-order valence-electron chi connectivity index (χ0n) is 13.9. The van der Waals surface area contributed by atoms with E-state index in [0.717, 1.165) is 41.1 Å². The highest BCUT2D eigenvalue weighted by molar-refractivity contribution is 6.07. The minimum atomic E-state index is -0.291. The molecule has 2 aromatic carbocycles. The third-order valence-electron chi connectivity index (χ3n) is 5.10. The number of benzene rings is 2. The number of hydrogen-bond acceptors (Lipinski definition) is 2. The maximum atomic E-state index is 12.5. The monoisotopic (exact) mass is 316 g/mol.